The lowest BCUT2D eigenvalue weighted by Crippen LogP contribution is -2.11. The van der Waals surface area contributed by atoms with Gasteiger partial charge in [-0.2, -0.15) is 5.10 Å². The number of para-hydroxylation sites is 2. The Labute approximate surface area is 149 Å². The van der Waals surface area contributed by atoms with Crippen LogP contribution in [0.3, 0.4) is 0 Å². The van der Waals surface area contributed by atoms with Crippen molar-refractivity contribution in [1.82, 2.24) is 0 Å². The number of hydrogen-bond acceptors (Lipinski definition) is 2. The number of nitrogens with zero attached hydrogens (tertiary/aromatic N) is 2. The van der Waals surface area contributed by atoms with Crippen LogP contribution in [-0.2, 0) is 0 Å². The molecular weight excluding hydrogens is 372 g/mol. The van der Waals surface area contributed by atoms with Crippen molar-refractivity contribution in [2.75, 3.05) is 5.01 Å². The molecule has 0 N–H and O–H groups in total. The molecule has 23 heavy (non-hydrogen) atoms. The average Bonchev–Trinajstić information content (AvgIpc) is 2.61. The molecule has 3 aromatic rings. The number of benzene rings is 3. The maximum absolute atomic E-state index is 6.45. The molecule has 0 atom stereocenters. The average molecular weight is 386 g/mol. The summed E-state index contributed by atoms with van der Waals surface area (Å²) in [5.74, 6) is 0. The quantitative estimate of drug-likeness (QED) is 0.386. The third-order valence-corrected chi connectivity index (χ3v) is 4.09. The molecule has 0 heterocycles. The Bertz CT molecular complexity index is 747. The third kappa shape index (κ3) is 4.01. The van der Waals surface area contributed by atoms with Crippen molar-refractivity contribution in [3.8, 4) is 0 Å². The fourth-order valence-corrected chi connectivity index (χ4v) is 2.60. The molecule has 2 nitrogen and oxygen atoms in total. The van der Waals surface area contributed by atoms with E-state index in [1.807, 2.05) is 89.9 Å². The van der Waals surface area contributed by atoms with E-state index in [-0.39, 0.29) is 0 Å². The van der Waals surface area contributed by atoms with E-state index < -0.39 is 0 Å². The molecule has 0 aliphatic heterocycles. The van der Waals surface area contributed by atoms with Crippen LogP contribution in [0, 0.1) is 0 Å². The van der Waals surface area contributed by atoms with E-state index in [1.54, 1.807) is 0 Å². The molecule has 114 valence electrons. The largest absolute Gasteiger partial charge is 0.232 e. The molecule has 0 aliphatic rings. The summed E-state index contributed by atoms with van der Waals surface area (Å²) in [5.41, 5.74) is 2.77. The molecule has 0 amide bonds. The predicted octanol–water partition coefficient (Wildman–Crippen LogP) is 6.19. The first-order valence-electron chi connectivity index (χ1n) is 7.14. The van der Waals surface area contributed by atoms with Gasteiger partial charge in [0.2, 0.25) is 0 Å². The van der Waals surface area contributed by atoms with Crippen LogP contribution in [0.15, 0.2) is 94.5 Å². The Kier molecular flexibility index (Phi) is 5.11. The summed E-state index contributed by atoms with van der Waals surface area (Å²) in [6, 6.07) is 27.7. The minimum atomic E-state index is 0.435. The minimum Gasteiger partial charge on any atom is -0.232 e. The molecule has 0 aliphatic carbocycles. The maximum Gasteiger partial charge on any atom is 0.157 e. The molecule has 3 aromatic carbocycles. The third-order valence-electron chi connectivity index (χ3n) is 3.27. The summed E-state index contributed by atoms with van der Waals surface area (Å²) in [5, 5.41) is 6.89. The molecule has 0 radical (unpaired) electrons. The first-order chi connectivity index (χ1) is 11.2. The van der Waals surface area contributed by atoms with Crippen LogP contribution in [0.2, 0.25) is 0 Å². The maximum atomic E-state index is 6.45. The van der Waals surface area contributed by atoms with Gasteiger partial charge in [-0.1, -0.05) is 76.1 Å². The van der Waals surface area contributed by atoms with E-state index in [9.17, 15) is 0 Å². The zero-order chi connectivity index (χ0) is 16.1. The second-order valence-corrected chi connectivity index (χ2v) is 6.15. The van der Waals surface area contributed by atoms with Crippen LogP contribution < -0.4 is 5.01 Å². The monoisotopic (exact) mass is 384 g/mol. The van der Waals surface area contributed by atoms with Crippen LogP contribution in [0.5, 0.6) is 0 Å². The summed E-state index contributed by atoms with van der Waals surface area (Å²) < 4.78 is 1.01. The van der Waals surface area contributed by atoms with E-state index in [1.165, 1.54) is 0 Å². The Morgan fingerprint density at radius 3 is 1.70 bits per heavy atom. The van der Waals surface area contributed by atoms with Gasteiger partial charge in [-0.3, -0.25) is 0 Å². The van der Waals surface area contributed by atoms with Gasteiger partial charge in [0.1, 0.15) is 0 Å². The number of hydrogen-bond donors (Lipinski definition) is 0. The molecule has 0 unspecified atom stereocenters. The normalized spacial score (nSPS) is 11.3. The van der Waals surface area contributed by atoms with E-state index in [4.69, 9.17) is 11.6 Å². The smallest absolute Gasteiger partial charge is 0.157 e. The number of anilines is 2. The molecule has 4 heteroatoms. The molecule has 0 bridgehead atoms. The number of rotatable bonds is 4. The second kappa shape index (κ2) is 7.44. The van der Waals surface area contributed by atoms with E-state index in [2.05, 4.69) is 21.0 Å². The van der Waals surface area contributed by atoms with Gasteiger partial charge in [0.05, 0.1) is 11.4 Å². The van der Waals surface area contributed by atoms with Gasteiger partial charge in [0, 0.05) is 10.0 Å². The van der Waals surface area contributed by atoms with Crippen LogP contribution in [-0.4, -0.2) is 5.17 Å². The highest BCUT2D eigenvalue weighted by Crippen LogP contribution is 2.26. The van der Waals surface area contributed by atoms with Crippen LogP contribution in [0.25, 0.3) is 0 Å². The van der Waals surface area contributed by atoms with Crippen molar-refractivity contribution in [2.24, 2.45) is 5.10 Å². The van der Waals surface area contributed by atoms with E-state index in [0.29, 0.717) is 5.17 Å². The lowest BCUT2D eigenvalue weighted by molar-refractivity contribution is 1.09. The number of hydrazone groups is 1. The Balaban J connectivity index is 2.02. The van der Waals surface area contributed by atoms with Crippen molar-refractivity contribution in [1.29, 1.82) is 0 Å². The van der Waals surface area contributed by atoms with Gasteiger partial charge >= 0.3 is 0 Å². The first-order valence-corrected chi connectivity index (χ1v) is 8.31. The second-order valence-electron chi connectivity index (χ2n) is 4.88. The highest BCUT2D eigenvalue weighted by Gasteiger charge is 2.10. The van der Waals surface area contributed by atoms with Gasteiger partial charge in [-0.25, -0.2) is 5.01 Å². The number of halogens is 2. The fourth-order valence-electron chi connectivity index (χ4n) is 2.14. The molecular formula is C19H14BrClN2. The fraction of sp³-hybridized carbons (Fsp3) is 0. The summed E-state index contributed by atoms with van der Waals surface area (Å²) in [4.78, 5) is 0. The lowest BCUT2D eigenvalue weighted by Gasteiger charge is -2.20. The molecule has 0 saturated heterocycles. The summed E-state index contributed by atoms with van der Waals surface area (Å²) in [6.45, 7) is 0. The van der Waals surface area contributed by atoms with E-state index >= 15 is 0 Å². The summed E-state index contributed by atoms with van der Waals surface area (Å²) in [6.07, 6.45) is 0. The van der Waals surface area contributed by atoms with Gasteiger partial charge in [-0.05, 0) is 36.4 Å². The summed E-state index contributed by atoms with van der Waals surface area (Å²) >= 11 is 9.87. The predicted molar refractivity (Wildman–Crippen MR) is 102 cm³/mol. The van der Waals surface area contributed by atoms with Gasteiger partial charge in [-0.15, -0.1) is 0 Å². The zero-order valence-electron chi connectivity index (χ0n) is 12.2. The van der Waals surface area contributed by atoms with Crippen molar-refractivity contribution in [3.63, 3.8) is 0 Å². The van der Waals surface area contributed by atoms with Gasteiger partial charge in [0.25, 0.3) is 0 Å². The van der Waals surface area contributed by atoms with Crippen LogP contribution >= 0.6 is 27.5 Å². The van der Waals surface area contributed by atoms with Crippen molar-refractivity contribution in [2.45, 2.75) is 0 Å². The zero-order valence-corrected chi connectivity index (χ0v) is 14.6. The van der Waals surface area contributed by atoms with E-state index in [0.717, 1.165) is 21.4 Å². The molecule has 0 fully saturated rings. The standard InChI is InChI=1S/C19H14BrClN2/c20-16-13-11-15(12-14-16)19(21)22-23(17-7-3-1-4-8-17)18-9-5-2-6-10-18/h1-14H. The van der Waals surface area contributed by atoms with Crippen molar-refractivity contribution in [3.05, 3.63) is 95.0 Å². The first kappa shape index (κ1) is 15.8. The highest BCUT2D eigenvalue weighted by atomic mass is 79.9. The molecule has 0 saturated carbocycles. The van der Waals surface area contributed by atoms with Crippen LogP contribution in [0.1, 0.15) is 5.56 Å². The van der Waals surface area contributed by atoms with Gasteiger partial charge in [0.15, 0.2) is 5.17 Å². The Morgan fingerprint density at radius 2 is 1.22 bits per heavy atom. The van der Waals surface area contributed by atoms with Crippen molar-refractivity contribution < 1.29 is 0 Å². The van der Waals surface area contributed by atoms with Crippen molar-refractivity contribution >= 4 is 44.1 Å². The molecule has 0 spiro atoms. The summed E-state index contributed by atoms with van der Waals surface area (Å²) in [7, 11) is 0. The highest BCUT2D eigenvalue weighted by molar-refractivity contribution is 9.10. The Morgan fingerprint density at radius 1 is 0.739 bits per heavy atom. The molecule has 0 aromatic heterocycles. The minimum absolute atomic E-state index is 0.435. The van der Waals surface area contributed by atoms with Crippen LogP contribution in [0.4, 0.5) is 11.4 Å². The SMILES string of the molecule is ClC(=NN(c1ccccc1)c1ccccc1)c1ccc(Br)cc1. The topological polar surface area (TPSA) is 15.6 Å². The Hall–Kier alpha value is -2.10. The lowest BCUT2D eigenvalue weighted by atomic mass is 10.2. The molecule has 3 rings (SSSR count). The van der Waals surface area contributed by atoms with Gasteiger partial charge < -0.3 is 0 Å².